The van der Waals surface area contributed by atoms with Crippen LogP contribution in [0.3, 0.4) is 0 Å². The lowest BCUT2D eigenvalue weighted by Gasteiger charge is -1.96. The lowest BCUT2D eigenvalue weighted by atomic mass is 9.63. The van der Waals surface area contributed by atoms with Crippen molar-refractivity contribution in [2.24, 2.45) is 0 Å². The van der Waals surface area contributed by atoms with E-state index in [-0.39, 0.29) is 0 Å². The molecule has 69 valence electrons. The fourth-order valence-corrected chi connectivity index (χ4v) is 0.951. The number of hydrogen-bond donors (Lipinski definition) is 0. The van der Waals surface area contributed by atoms with E-state index in [9.17, 15) is 0 Å². The Bertz CT molecular complexity index is 216. The van der Waals surface area contributed by atoms with Gasteiger partial charge in [-0.05, 0) is 13.8 Å². The molecule has 0 nitrogen and oxygen atoms in total. The highest BCUT2D eigenvalue weighted by atomic mass is 13.8. The van der Waals surface area contributed by atoms with Crippen LogP contribution in [0.1, 0.15) is 27.7 Å². The summed E-state index contributed by atoms with van der Waals surface area (Å²) in [6.45, 7) is 8.25. The van der Waals surface area contributed by atoms with Crippen LogP contribution in [0.15, 0.2) is 47.4 Å². The molecule has 0 amide bonds. The van der Waals surface area contributed by atoms with Crippen molar-refractivity contribution < 1.29 is 0 Å². The summed E-state index contributed by atoms with van der Waals surface area (Å²) in [5.74, 6) is 0. The predicted octanol–water partition coefficient (Wildman–Crippen LogP) is 3.65. The molecule has 0 aliphatic heterocycles. The Morgan fingerprint density at radius 3 is 1.54 bits per heavy atom. The van der Waals surface area contributed by atoms with E-state index in [2.05, 4.69) is 45.4 Å². The minimum Gasteiger partial charge on any atom is -0.106 e. The van der Waals surface area contributed by atoms with Gasteiger partial charge in [0.25, 0.3) is 0 Å². The van der Waals surface area contributed by atoms with Gasteiger partial charge in [-0.2, -0.15) is 0 Å². The lowest BCUT2D eigenvalue weighted by Crippen LogP contribution is -1.94. The third kappa shape index (κ3) is 7.39. The van der Waals surface area contributed by atoms with E-state index < -0.39 is 0 Å². The molecule has 0 heterocycles. The standard InChI is InChI=1S/C12H18B/c1-5-7-9-11(3)13-12(4)10-8-6-2/h5-10H,1-4H3/b7-5-,8-6-,11-9+,12-10+. The van der Waals surface area contributed by atoms with Crippen LogP contribution in [0, 0.1) is 0 Å². The topological polar surface area (TPSA) is 0 Å². The zero-order valence-corrected chi connectivity index (χ0v) is 9.04. The molecule has 13 heavy (non-hydrogen) atoms. The molecule has 0 aromatic carbocycles. The average Bonchev–Trinajstić information content (AvgIpc) is 2.11. The molecule has 0 aliphatic rings. The molecule has 0 bridgehead atoms. The van der Waals surface area contributed by atoms with Crippen molar-refractivity contribution in [1.29, 1.82) is 0 Å². The van der Waals surface area contributed by atoms with Crippen molar-refractivity contribution in [1.82, 2.24) is 0 Å². The van der Waals surface area contributed by atoms with Crippen molar-refractivity contribution >= 4 is 7.28 Å². The molecule has 0 spiro atoms. The summed E-state index contributed by atoms with van der Waals surface area (Å²) in [7, 11) is 2.17. The van der Waals surface area contributed by atoms with Crippen LogP contribution in [0.25, 0.3) is 0 Å². The van der Waals surface area contributed by atoms with Crippen molar-refractivity contribution in [2.45, 2.75) is 27.7 Å². The summed E-state index contributed by atoms with van der Waals surface area (Å²) in [6, 6.07) is 0. The first-order valence-electron chi connectivity index (χ1n) is 4.64. The smallest absolute Gasteiger partial charge is 0.106 e. The Morgan fingerprint density at radius 1 is 0.846 bits per heavy atom. The van der Waals surface area contributed by atoms with Crippen molar-refractivity contribution in [3.8, 4) is 0 Å². The van der Waals surface area contributed by atoms with Gasteiger partial charge in [0.15, 0.2) is 7.28 Å². The SMILES string of the molecule is C/C=C\C=C(/C)[B]/C(C)=C/C=C\C. The fourth-order valence-electron chi connectivity index (χ4n) is 0.951. The molecule has 0 aromatic heterocycles. The highest BCUT2D eigenvalue weighted by Crippen LogP contribution is 1.99. The number of hydrogen-bond acceptors (Lipinski definition) is 0. The zero-order valence-electron chi connectivity index (χ0n) is 9.04. The van der Waals surface area contributed by atoms with Crippen LogP contribution in [0.4, 0.5) is 0 Å². The molecule has 0 N–H and O–H groups in total. The molecule has 1 radical (unpaired) electrons. The second kappa shape index (κ2) is 7.66. The Labute approximate surface area is 83.0 Å². The first-order valence-corrected chi connectivity index (χ1v) is 4.64. The molecule has 0 fully saturated rings. The van der Waals surface area contributed by atoms with Crippen molar-refractivity contribution in [3.05, 3.63) is 47.4 Å². The highest BCUT2D eigenvalue weighted by molar-refractivity contribution is 6.53. The summed E-state index contributed by atoms with van der Waals surface area (Å²) in [5.41, 5.74) is 2.55. The Kier molecular flexibility index (Phi) is 7.09. The van der Waals surface area contributed by atoms with Gasteiger partial charge in [-0.3, -0.25) is 0 Å². The highest BCUT2D eigenvalue weighted by Gasteiger charge is 1.92. The second-order valence-electron chi connectivity index (χ2n) is 3.02. The van der Waals surface area contributed by atoms with Crippen LogP contribution in [-0.4, -0.2) is 7.28 Å². The van der Waals surface area contributed by atoms with Gasteiger partial charge in [0, 0.05) is 0 Å². The summed E-state index contributed by atoms with van der Waals surface area (Å²) < 4.78 is 0. The van der Waals surface area contributed by atoms with Gasteiger partial charge in [0.05, 0.1) is 0 Å². The van der Waals surface area contributed by atoms with E-state index in [1.54, 1.807) is 0 Å². The maximum absolute atomic E-state index is 2.17. The van der Waals surface area contributed by atoms with Gasteiger partial charge in [-0.15, -0.1) is 10.9 Å². The first kappa shape index (κ1) is 12.0. The first-order chi connectivity index (χ1) is 6.20. The fraction of sp³-hybridized carbons (Fsp3) is 0.333. The molecule has 0 saturated heterocycles. The van der Waals surface area contributed by atoms with E-state index >= 15 is 0 Å². The maximum atomic E-state index is 2.17. The molecule has 0 rings (SSSR count). The third-order valence-electron chi connectivity index (χ3n) is 1.56. The van der Waals surface area contributed by atoms with Gasteiger partial charge >= 0.3 is 0 Å². The molecular weight excluding hydrogens is 155 g/mol. The minimum atomic E-state index is 1.27. The van der Waals surface area contributed by atoms with Gasteiger partial charge < -0.3 is 0 Å². The van der Waals surface area contributed by atoms with Gasteiger partial charge in [0.2, 0.25) is 0 Å². The van der Waals surface area contributed by atoms with Crippen LogP contribution in [-0.2, 0) is 0 Å². The number of allylic oxidation sites excluding steroid dienone is 8. The van der Waals surface area contributed by atoms with Crippen LogP contribution in [0.2, 0.25) is 0 Å². The predicted molar refractivity (Wildman–Crippen MR) is 62.9 cm³/mol. The summed E-state index contributed by atoms with van der Waals surface area (Å²) in [4.78, 5) is 0. The summed E-state index contributed by atoms with van der Waals surface area (Å²) in [6.07, 6.45) is 12.4. The van der Waals surface area contributed by atoms with E-state index in [0.717, 1.165) is 0 Å². The third-order valence-corrected chi connectivity index (χ3v) is 1.56. The van der Waals surface area contributed by atoms with E-state index in [0.29, 0.717) is 0 Å². The zero-order chi connectivity index (χ0) is 10.1. The quantitative estimate of drug-likeness (QED) is 0.449. The molecule has 0 aromatic rings. The van der Waals surface area contributed by atoms with E-state index in [1.807, 2.05) is 26.0 Å². The monoisotopic (exact) mass is 173 g/mol. The van der Waals surface area contributed by atoms with Crippen LogP contribution < -0.4 is 0 Å². The summed E-state index contributed by atoms with van der Waals surface area (Å²) in [5, 5.41) is 0. The van der Waals surface area contributed by atoms with Crippen LogP contribution >= 0.6 is 0 Å². The van der Waals surface area contributed by atoms with E-state index in [1.165, 1.54) is 10.9 Å². The van der Waals surface area contributed by atoms with Crippen molar-refractivity contribution in [3.63, 3.8) is 0 Å². The second-order valence-corrected chi connectivity index (χ2v) is 3.02. The summed E-state index contributed by atoms with van der Waals surface area (Å²) >= 11 is 0. The molecular formula is C12H18B. The Balaban J connectivity index is 4.12. The maximum Gasteiger partial charge on any atom is 0.179 e. The normalized spacial score (nSPS) is 14.5. The van der Waals surface area contributed by atoms with Gasteiger partial charge in [-0.1, -0.05) is 50.3 Å². The van der Waals surface area contributed by atoms with Gasteiger partial charge in [0.1, 0.15) is 0 Å². The molecule has 0 unspecified atom stereocenters. The minimum absolute atomic E-state index is 1.27. The largest absolute Gasteiger partial charge is 0.179 e. The molecule has 1 heteroatoms. The average molecular weight is 173 g/mol. The van der Waals surface area contributed by atoms with E-state index in [4.69, 9.17) is 0 Å². The van der Waals surface area contributed by atoms with Crippen molar-refractivity contribution in [2.75, 3.05) is 0 Å². The molecule has 0 saturated carbocycles. The molecule has 0 atom stereocenters. The number of rotatable bonds is 4. The lowest BCUT2D eigenvalue weighted by molar-refractivity contribution is 1.56. The van der Waals surface area contributed by atoms with Gasteiger partial charge in [-0.25, -0.2) is 0 Å². The molecule has 0 aliphatic carbocycles. The van der Waals surface area contributed by atoms with Crippen LogP contribution in [0.5, 0.6) is 0 Å². The Morgan fingerprint density at radius 2 is 1.23 bits per heavy atom. The Hall–Kier alpha value is -0.975.